The molecule has 0 bridgehead atoms. The molecule has 1 aliphatic heterocycles. The summed E-state index contributed by atoms with van der Waals surface area (Å²) < 4.78 is 11.7. The molecule has 1 fully saturated rings. The van der Waals surface area contributed by atoms with Crippen LogP contribution in [0.1, 0.15) is 21.5 Å². The van der Waals surface area contributed by atoms with E-state index >= 15 is 0 Å². The maximum atomic E-state index is 13.1. The van der Waals surface area contributed by atoms with Gasteiger partial charge in [0.05, 0.1) is 23.3 Å². The van der Waals surface area contributed by atoms with E-state index in [2.05, 4.69) is 0 Å². The molecule has 0 unspecified atom stereocenters. The predicted octanol–water partition coefficient (Wildman–Crippen LogP) is 5.43. The average molecular weight is 511 g/mol. The lowest BCUT2D eigenvalue weighted by Gasteiger charge is -2.17. The number of hydrogen-bond acceptors (Lipinski definition) is 6. The lowest BCUT2D eigenvalue weighted by molar-refractivity contribution is -0.113. The number of hydrogen-bond donors (Lipinski definition) is 1. The van der Waals surface area contributed by atoms with Crippen molar-refractivity contribution in [3.8, 4) is 11.5 Å². The van der Waals surface area contributed by atoms with Crippen molar-refractivity contribution in [3.05, 3.63) is 93.3 Å². The van der Waals surface area contributed by atoms with E-state index in [1.54, 1.807) is 55.7 Å². The fraction of sp³-hybridized carbons (Fsp3) is 0.0800. The van der Waals surface area contributed by atoms with Crippen LogP contribution < -0.4 is 20.1 Å². The normalized spacial score (nSPS) is 14.5. The molecule has 0 atom stereocenters. The Labute approximate surface area is 211 Å². The van der Waals surface area contributed by atoms with Crippen LogP contribution in [0, 0.1) is 0 Å². The molecule has 0 saturated carbocycles. The summed E-state index contributed by atoms with van der Waals surface area (Å²) in [6.07, 6.45) is 1.71. The summed E-state index contributed by atoms with van der Waals surface area (Å²) in [5.74, 6) is 0.0883. The Kier molecular flexibility index (Phi) is 7.21. The summed E-state index contributed by atoms with van der Waals surface area (Å²) >= 11 is 12.8. The zero-order chi connectivity index (χ0) is 24.2. The number of anilines is 1. The molecular weight excluding hydrogens is 492 g/mol. The van der Waals surface area contributed by atoms with Crippen molar-refractivity contribution in [1.29, 1.82) is 0 Å². The highest BCUT2D eigenvalue weighted by Crippen LogP contribution is 2.38. The van der Waals surface area contributed by atoms with Gasteiger partial charge in [-0.1, -0.05) is 72.0 Å². The van der Waals surface area contributed by atoms with E-state index in [4.69, 9.17) is 39.0 Å². The first-order valence-electron chi connectivity index (χ1n) is 10.1. The van der Waals surface area contributed by atoms with Crippen LogP contribution in [0.4, 0.5) is 5.69 Å². The number of carbonyl (C=O) groups is 2. The number of amides is 2. The molecule has 1 heterocycles. The molecule has 2 N–H and O–H groups in total. The Morgan fingerprint density at radius 1 is 1.12 bits per heavy atom. The summed E-state index contributed by atoms with van der Waals surface area (Å²) in [4.78, 5) is 26.7. The highest BCUT2D eigenvalue weighted by molar-refractivity contribution is 8.27. The van der Waals surface area contributed by atoms with Crippen LogP contribution in [0.15, 0.2) is 71.6 Å². The van der Waals surface area contributed by atoms with E-state index in [0.717, 1.165) is 22.9 Å². The number of benzene rings is 3. The molecule has 3 aromatic rings. The number of nitrogens with zero attached hydrogens (tertiary/aromatic N) is 1. The van der Waals surface area contributed by atoms with Gasteiger partial charge in [-0.3, -0.25) is 14.5 Å². The first-order valence-corrected chi connectivity index (χ1v) is 11.7. The van der Waals surface area contributed by atoms with Crippen molar-refractivity contribution >= 4 is 63.5 Å². The SMILES string of the molecule is COc1cc(/C=C2\SC(=S)N(c3ccccc3C(N)=O)C2=O)ccc1OCc1ccccc1Cl. The van der Waals surface area contributed by atoms with Gasteiger partial charge in [0.2, 0.25) is 0 Å². The molecule has 6 nitrogen and oxygen atoms in total. The molecule has 2 amide bonds. The van der Waals surface area contributed by atoms with Crippen molar-refractivity contribution in [2.45, 2.75) is 6.61 Å². The van der Waals surface area contributed by atoms with Gasteiger partial charge in [0.1, 0.15) is 6.61 Å². The van der Waals surface area contributed by atoms with E-state index in [1.165, 1.54) is 4.90 Å². The Balaban J connectivity index is 1.57. The van der Waals surface area contributed by atoms with Crippen molar-refractivity contribution in [3.63, 3.8) is 0 Å². The maximum Gasteiger partial charge on any atom is 0.270 e. The third kappa shape index (κ3) is 4.94. The summed E-state index contributed by atoms with van der Waals surface area (Å²) in [7, 11) is 1.54. The molecular formula is C25H19ClN2O4S2. The molecule has 4 rings (SSSR count). The van der Waals surface area contributed by atoms with Gasteiger partial charge < -0.3 is 15.2 Å². The summed E-state index contributed by atoms with van der Waals surface area (Å²) in [6, 6.07) is 19.4. The molecule has 1 saturated heterocycles. The van der Waals surface area contributed by atoms with Crippen LogP contribution >= 0.6 is 35.6 Å². The fourth-order valence-electron chi connectivity index (χ4n) is 3.37. The van der Waals surface area contributed by atoms with Crippen LogP contribution in [-0.2, 0) is 11.4 Å². The molecule has 3 aromatic carbocycles. The number of methoxy groups -OCH3 is 1. The number of rotatable bonds is 7. The second-order valence-electron chi connectivity index (χ2n) is 7.19. The smallest absolute Gasteiger partial charge is 0.270 e. The van der Waals surface area contributed by atoms with Crippen LogP contribution in [0.3, 0.4) is 0 Å². The van der Waals surface area contributed by atoms with E-state index in [1.807, 2.05) is 24.3 Å². The minimum Gasteiger partial charge on any atom is -0.493 e. The number of carbonyl (C=O) groups excluding carboxylic acids is 2. The lowest BCUT2D eigenvalue weighted by Crippen LogP contribution is -2.30. The van der Waals surface area contributed by atoms with Gasteiger partial charge in [-0.2, -0.15) is 0 Å². The molecule has 0 aliphatic carbocycles. The summed E-state index contributed by atoms with van der Waals surface area (Å²) in [6.45, 7) is 0.285. The third-order valence-electron chi connectivity index (χ3n) is 5.03. The monoisotopic (exact) mass is 510 g/mol. The summed E-state index contributed by atoms with van der Waals surface area (Å²) in [5.41, 5.74) is 7.64. The van der Waals surface area contributed by atoms with Crippen LogP contribution in [0.5, 0.6) is 11.5 Å². The van der Waals surface area contributed by atoms with Crippen molar-refractivity contribution < 1.29 is 19.1 Å². The summed E-state index contributed by atoms with van der Waals surface area (Å²) in [5, 5.41) is 0.623. The Morgan fingerprint density at radius 2 is 1.85 bits per heavy atom. The highest BCUT2D eigenvalue weighted by Gasteiger charge is 2.35. The maximum absolute atomic E-state index is 13.1. The third-order valence-corrected chi connectivity index (χ3v) is 6.70. The molecule has 0 radical (unpaired) electrons. The molecule has 172 valence electrons. The van der Waals surface area contributed by atoms with E-state index < -0.39 is 5.91 Å². The number of nitrogens with two attached hydrogens (primary N) is 1. The van der Waals surface area contributed by atoms with Crippen LogP contribution in [0.25, 0.3) is 6.08 Å². The first kappa shape index (κ1) is 23.8. The molecule has 0 spiro atoms. The van der Waals surface area contributed by atoms with Gasteiger partial charge in [0.15, 0.2) is 15.8 Å². The minimum atomic E-state index is -0.634. The minimum absolute atomic E-state index is 0.224. The number of halogens is 1. The van der Waals surface area contributed by atoms with Crippen molar-refractivity contribution in [2.24, 2.45) is 5.73 Å². The zero-order valence-corrected chi connectivity index (χ0v) is 20.4. The van der Waals surface area contributed by atoms with Gasteiger partial charge in [0, 0.05) is 10.6 Å². The van der Waals surface area contributed by atoms with E-state index in [-0.39, 0.29) is 18.1 Å². The van der Waals surface area contributed by atoms with Crippen LogP contribution in [0.2, 0.25) is 5.02 Å². The number of thiocarbonyl (C=S) groups is 1. The Morgan fingerprint density at radius 3 is 2.59 bits per heavy atom. The standard InChI is InChI=1S/C25H19ClN2O4S2/c1-31-21-12-15(10-11-20(21)32-14-16-6-2-4-8-18(16)26)13-22-24(30)28(25(33)34-22)19-9-5-3-7-17(19)23(27)29/h2-13H,14H2,1H3,(H2,27,29)/b22-13-. The van der Waals surface area contributed by atoms with Crippen molar-refractivity contribution in [1.82, 2.24) is 0 Å². The first-order chi connectivity index (χ1) is 16.4. The van der Waals surface area contributed by atoms with Gasteiger partial charge in [-0.05, 0) is 42.0 Å². The van der Waals surface area contributed by atoms with Crippen molar-refractivity contribution in [2.75, 3.05) is 12.0 Å². The van der Waals surface area contributed by atoms with Gasteiger partial charge in [-0.25, -0.2) is 0 Å². The fourth-order valence-corrected chi connectivity index (χ4v) is 4.84. The van der Waals surface area contributed by atoms with Gasteiger partial charge in [-0.15, -0.1) is 0 Å². The second kappa shape index (κ2) is 10.3. The molecule has 34 heavy (non-hydrogen) atoms. The molecule has 0 aromatic heterocycles. The molecule has 9 heteroatoms. The Hall–Kier alpha value is -3.33. The highest BCUT2D eigenvalue weighted by atomic mass is 35.5. The van der Waals surface area contributed by atoms with E-state index in [9.17, 15) is 9.59 Å². The molecule has 1 aliphatic rings. The van der Waals surface area contributed by atoms with Gasteiger partial charge in [0.25, 0.3) is 11.8 Å². The van der Waals surface area contributed by atoms with Crippen LogP contribution in [-0.4, -0.2) is 23.2 Å². The Bertz CT molecular complexity index is 1330. The number of ether oxygens (including phenoxy) is 2. The topological polar surface area (TPSA) is 81.9 Å². The second-order valence-corrected chi connectivity index (χ2v) is 9.27. The number of primary amides is 1. The predicted molar refractivity (Wildman–Crippen MR) is 139 cm³/mol. The van der Waals surface area contributed by atoms with E-state index in [0.29, 0.717) is 31.4 Å². The quantitative estimate of drug-likeness (QED) is 0.337. The number of para-hydroxylation sites is 1. The number of thioether (sulfide) groups is 1. The zero-order valence-electron chi connectivity index (χ0n) is 18.0. The largest absolute Gasteiger partial charge is 0.493 e. The lowest BCUT2D eigenvalue weighted by atomic mass is 10.1. The van der Waals surface area contributed by atoms with Gasteiger partial charge >= 0.3 is 0 Å². The average Bonchev–Trinajstić information content (AvgIpc) is 3.11.